The number of aromatic nitrogens is 2. The quantitative estimate of drug-likeness (QED) is 0.494. The number of aryl methyl sites for hydroxylation is 2. The van der Waals surface area contributed by atoms with Crippen LogP contribution < -0.4 is 5.73 Å². The van der Waals surface area contributed by atoms with Crippen LogP contribution in [0.4, 0.5) is 0 Å². The first-order chi connectivity index (χ1) is 8.31. The molecule has 8 heteroatoms. The third-order valence-electron chi connectivity index (χ3n) is 2.17. The molecule has 0 aliphatic heterocycles. The zero-order chi connectivity index (χ0) is 13.9. The van der Waals surface area contributed by atoms with E-state index in [-0.39, 0.29) is 5.96 Å². The van der Waals surface area contributed by atoms with E-state index < -0.39 is 24.4 Å². The summed E-state index contributed by atoms with van der Waals surface area (Å²) >= 11 is 0. The van der Waals surface area contributed by atoms with Crippen molar-refractivity contribution >= 4 is 17.9 Å². The summed E-state index contributed by atoms with van der Waals surface area (Å²) in [7, 11) is 0. The lowest BCUT2D eigenvalue weighted by atomic mass is 10.2. The fourth-order valence-corrected chi connectivity index (χ4v) is 1.43. The predicted molar refractivity (Wildman–Crippen MR) is 62.4 cm³/mol. The maximum atomic E-state index is 10.8. The zero-order valence-corrected chi connectivity index (χ0v) is 9.99. The highest BCUT2D eigenvalue weighted by molar-refractivity contribution is 5.86. The van der Waals surface area contributed by atoms with Gasteiger partial charge < -0.3 is 15.9 Å². The van der Waals surface area contributed by atoms with Gasteiger partial charge in [0.15, 0.2) is 6.04 Å². The molecule has 1 aromatic heterocycles. The van der Waals surface area contributed by atoms with Gasteiger partial charge in [-0.2, -0.15) is 5.10 Å². The van der Waals surface area contributed by atoms with Crippen molar-refractivity contribution in [2.24, 2.45) is 10.7 Å². The predicted octanol–water partition coefficient (Wildman–Crippen LogP) is -0.409. The molecule has 0 fully saturated rings. The minimum absolute atomic E-state index is 0.144. The molecule has 1 unspecified atom stereocenters. The minimum atomic E-state index is -1.42. The smallest absolute Gasteiger partial charge is 0.329 e. The Labute approximate surface area is 103 Å². The highest BCUT2D eigenvalue weighted by atomic mass is 16.4. The largest absolute Gasteiger partial charge is 0.481 e. The Hall–Kier alpha value is -2.38. The van der Waals surface area contributed by atoms with Gasteiger partial charge in [-0.15, -0.1) is 0 Å². The van der Waals surface area contributed by atoms with Gasteiger partial charge in [-0.3, -0.25) is 4.79 Å². The second-order valence-electron chi connectivity index (χ2n) is 3.78. The summed E-state index contributed by atoms with van der Waals surface area (Å²) in [4.78, 5) is 25.0. The van der Waals surface area contributed by atoms with Crippen molar-refractivity contribution in [3.8, 4) is 0 Å². The van der Waals surface area contributed by atoms with E-state index in [9.17, 15) is 9.59 Å². The Kier molecular flexibility index (Phi) is 4.03. The number of rotatable bonds is 4. The molecule has 1 aromatic rings. The van der Waals surface area contributed by atoms with E-state index in [2.05, 4.69) is 10.1 Å². The molecule has 0 radical (unpaired) electrons. The van der Waals surface area contributed by atoms with E-state index in [0.717, 1.165) is 0 Å². The van der Waals surface area contributed by atoms with Gasteiger partial charge >= 0.3 is 11.9 Å². The first-order valence-electron chi connectivity index (χ1n) is 5.12. The molecule has 0 aliphatic carbocycles. The third-order valence-corrected chi connectivity index (χ3v) is 2.17. The number of aliphatic carboxylic acids is 2. The Morgan fingerprint density at radius 3 is 2.50 bits per heavy atom. The summed E-state index contributed by atoms with van der Waals surface area (Å²) < 4.78 is 1.27. The van der Waals surface area contributed by atoms with Crippen molar-refractivity contribution in [1.82, 2.24) is 9.78 Å². The number of nitrogens with zero attached hydrogens (tertiary/aromatic N) is 3. The summed E-state index contributed by atoms with van der Waals surface area (Å²) in [5.41, 5.74) is 7.01. The van der Waals surface area contributed by atoms with E-state index in [1.165, 1.54) is 4.68 Å². The number of hydrogen-bond acceptors (Lipinski definition) is 4. The number of carboxylic acid groups (broad SMARTS) is 2. The number of carbonyl (C=O) groups is 2. The van der Waals surface area contributed by atoms with Crippen molar-refractivity contribution in [3.05, 3.63) is 17.5 Å². The van der Waals surface area contributed by atoms with Crippen LogP contribution in [-0.2, 0) is 9.59 Å². The maximum Gasteiger partial charge on any atom is 0.329 e. The van der Waals surface area contributed by atoms with Gasteiger partial charge in [0.05, 0.1) is 12.1 Å². The van der Waals surface area contributed by atoms with Gasteiger partial charge in [-0.05, 0) is 19.9 Å². The monoisotopic (exact) mass is 254 g/mol. The summed E-state index contributed by atoms with van der Waals surface area (Å²) in [6.07, 6.45) is -0.630. The van der Waals surface area contributed by atoms with Gasteiger partial charge in [-0.1, -0.05) is 0 Å². The lowest BCUT2D eigenvalue weighted by molar-refractivity contribution is -0.144. The summed E-state index contributed by atoms with van der Waals surface area (Å²) in [5.74, 6) is -2.75. The number of nitrogens with two attached hydrogens (primary N) is 1. The van der Waals surface area contributed by atoms with Crippen LogP contribution in [0, 0.1) is 13.8 Å². The maximum absolute atomic E-state index is 10.8. The number of hydrogen-bond donors (Lipinski definition) is 3. The molecule has 1 atom stereocenters. The molecule has 0 bridgehead atoms. The first kappa shape index (κ1) is 13.7. The molecule has 0 saturated carbocycles. The SMILES string of the molecule is Cc1cc(C)n(C(N)=NC(CC(=O)O)C(=O)O)n1. The summed E-state index contributed by atoms with van der Waals surface area (Å²) in [6.45, 7) is 3.48. The third kappa shape index (κ3) is 3.30. The number of aliphatic imine (C=N–C) groups is 1. The van der Waals surface area contributed by atoms with Crippen LogP contribution in [0.15, 0.2) is 11.1 Å². The molecular formula is C10H14N4O4. The minimum Gasteiger partial charge on any atom is -0.481 e. The van der Waals surface area contributed by atoms with Gasteiger partial charge in [0, 0.05) is 5.69 Å². The fraction of sp³-hybridized carbons (Fsp3) is 0.400. The molecule has 0 aromatic carbocycles. The van der Waals surface area contributed by atoms with E-state index >= 15 is 0 Å². The molecule has 98 valence electrons. The molecule has 0 aliphatic rings. The van der Waals surface area contributed by atoms with Crippen LogP contribution in [0.1, 0.15) is 17.8 Å². The summed E-state index contributed by atoms with van der Waals surface area (Å²) in [6, 6.07) is 0.321. The van der Waals surface area contributed by atoms with Crippen molar-refractivity contribution in [3.63, 3.8) is 0 Å². The second kappa shape index (κ2) is 5.30. The van der Waals surface area contributed by atoms with Crippen LogP contribution in [-0.4, -0.2) is 43.9 Å². The van der Waals surface area contributed by atoms with Gasteiger partial charge in [0.25, 0.3) is 0 Å². The lowest BCUT2D eigenvalue weighted by Gasteiger charge is -2.07. The Balaban J connectivity index is 3.02. The molecule has 8 nitrogen and oxygen atoms in total. The van der Waals surface area contributed by atoms with Gasteiger partial charge in [0.2, 0.25) is 5.96 Å². The van der Waals surface area contributed by atoms with Crippen LogP contribution in [0.25, 0.3) is 0 Å². The van der Waals surface area contributed by atoms with Crippen LogP contribution in [0.2, 0.25) is 0 Å². The lowest BCUT2D eigenvalue weighted by Crippen LogP contribution is -2.31. The fourth-order valence-electron chi connectivity index (χ4n) is 1.43. The van der Waals surface area contributed by atoms with Crippen molar-refractivity contribution < 1.29 is 19.8 Å². The van der Waals surface area contributed by atoms with E-state index in [1.807, 2.05) is 0 Å². The van der Waals surface area contributed by atoms with Gasteiger partial charge in [-0.25, -0.2) is 14.5 Å². The standard InChI is InChI=1S/C10H14N4O4/c1-5-3-6(2)14(13-5)10(11)12-7(9(17)18)4-8(15)16/h3,7H,4H2,1-2H3,(H2,11,12)(H,15,16)(H,17,18). The first-order valence-corrected chi connectivity index (χ1v) is 5.12. The topological polar surface area (TPSA) is 131 Å². The molecule has 0 amide bonds. The highest BCUT2D eigenvalue weighted by Crippen LogP contribution is 2.03. The molecule has 0 spiro atoms. The summed E-state index contributed by atoms with van der Waals surface area (Å²) in [5, 5.41) is 21.4. The Bertz CT molecular complexity index is 506. The molecule has 1 heterocycles. The van der Waals surface area contributed by atoms with Crippen molar-refractivity contribution in [2.75, 3.05) is 0 Å². The van der Waals surface area contributed by atoms with Crippen molar-refractivity contribution in [2.45, 2.75) is 26.3 Å². The number of carboxylic acids is 2. The van der Waals surface area contributed by atoms with Gasteiger partial charge in [0.1, 0.15) is 0 Å². The van der Waals surface area contributed by atoms with Crippen LogP contribution in [0.5, 0.6) is 0 Å². The van der Waals surface area contributed by atoms with E-state index in [1.54, 1.807) is 19.9 Å². The Morgan fingerprint density at radius 2 is 2.11 bits per heavy atom. The van der Waals surface area contributed by atoms with Crippen molar-refractivity contribution in [1.29, 1.82) is 0 Å². The van der Waals surface area contributed by atoms with E-state index in [0.29, 0.717) is 11.4 Å². The molecule has 1 rings (SSSR count). The molecule has 0 saturated heterocycles. The van der Waals surface area contributed by atoms with Crippen LogP contribution in [0.3, 0.4) is 0 Å². The normalized spacial score (nSPS) is 13.3. The average Bonchev–Trinajstić information content (AvgIpc) is 2.56. The van der Waals surface area contributed by atoms with E-state index in [4.69, 9.17) is 15.9 Å². The van der Waals surface area contributed by atoms with Crippen LogP contribution >= 0.6 is 0 Å². The molecular weight excluding hydrogens is 240 g/mol. The Morgan fingerprint density at radius 1 is 1.50 bits per heavy atom. The highest BCUT2D eigenvalue weighted by Gasteiger charge is 2.21. The average molecular weight is 254 g/mol. The zero-order valence-electron chi connectivity index (χ0n) is 9.99. The molecule has 18 heavy (non-hydrogen) atoms. The second-order valence-corrected chi connectivity index (χ2v) is 3.78. The molecule has 4 N–H and O–H groups in total.